The summed E-state index contributed by atoms with van der Waals surface area (Å²) in [5, 5.41) is 121. The molecule has 564 valence electrons. The molecule has 0 aromatic heterocycles. The summed E-state index contributed by atoms with van der Waals surface area (Å²) in [7, 11) is 0. The molecule has 19 heteroatoms. The van der Waals surface area contributed by atoms with Crippen molar-refractivity contribution in [2.45, 2.75) is 388 Å². The Balaban J connectivity index is 1.39. The molecule has 17 atom stereocenters. The number of amides is 1. The van der Waals surface area contributed by atoms with E-state index in [-0.39, 0.29) is 18.9 Å². The molecule has 3 aliphatic heterocycles. The monoisotopic (exact) mass is 1380 g/mol. The van der Waals surface area contributed by atoms with Crippen molar-refractivity contribution in [2.75, 3.05) is 26.4 Å². The highest BCUT2D eigenvalue weighted by molar-refractivity contribution is 5.76. The number of hydrogen-bond acceptors (Lipinski definition) is 18. The van der Waals surface area contributed by atoms with E-state index in [4.69, 9.17) is 28.4 Å². The van der Waals surface area contributed by atoms with Crippen LogP contribution in [-0.4, -0.2) is 193 Å². The van der Waals surface area contributed by atoms with E-state index in [0.717, 1.165) is 83.5 Å². The molecule has 0 saturated carbocycles. The zero-order valence-corrected chi connectivity index (χ0v) is 60.0. The first-order valence-electron chi connectivity index (χ1n) is 38.7. The van der Waals surface area contributed by atoms with Gasteiger partial charge in [-0.25, -0.2) is 0 Å². The molecule has 0 aromatic rings. The molecule has 0 spiro atoms. The highest BCUT2D eigenvalue weighted by Gasteiger charge is 2.53. The van der Waals surface area contributed by atoms with Crippen LogP contribution in [0.5, 0.6) is 0 Å². The fourth-order valence-electron chi connectivity index (χ4n) is 12.8. The van der Waals surface area contributed by atoms with Crippen LogP contribution in [0.3, 0.4) is 0 Å². The summed E-state index contributed by atoms with van der Waals surface area (Å²) in [6, 6.07) is -1.00. The second-order valence-electron chi connectivity index (χ2n) is 27.4. The number of aliphatic hydroxyl groups is 11. The van der Waals surface area contributed by atoms with E-state index in [9.17, 15) is 61.0 Å². The number of carbonyl (C=O) groups excluding carboxylic acids is 1. The highest BCUT2D eigenvalue weighted by Crippen LogP contribution is 2.33. The molecule has 3 rings (SSSR count). The number of ether oxygens (including phenoxy) is 6. The van der Waals surface area contributed by atoms with Crippen LogP contribution in [0.2, 0.25) is 0 Å². The van der Waals surface area contributed by atoms with Gasteiger partial charge in [-0.2, -0.15) is 0 Å². The summed E-state index contributed by atoms with van der Waals surface area (Å²) in [6.45, 7) is 1.61. The minimum absolute atomic E-state index is 0.216. The maximum absolute atomic E-state index is 13.4. The molecular formula is C78H139NO18. The van der Waals surface area contributed by atoms with Crippen molar-refractivity contribution in [3.05, 3.63) is 72.9 Å². The first-order valence-corrected chi connectivity index (χ1v) is 38.7. The van der Waals surface area contributed by atoms with E-state index in [2.05, 4.69) is 79.9 Å². The molecule has 3 fully saturated rings. The Morgan fingerprint density at radius 2 is 0.722 bits per heavy atom. The van der Waals surface area contributed by atoms with Crippen molar-refractivity contribution < 1.29 is 89.4 Å². The Morgan fingerprint density at radius 1 is 0.381 bits per heavy atom. The Labute approximate surface area is 585 Å². The molecule has 0 aliphatic carbocycles. The molecule has 97 heavy (non-hydrogen) atoms. The average molecular weight is 1380 g/mol. The predicted molar refractivity (Wildman–Crippen MR) is 383 cm³/mol. The van der Waals surface area contributed by atoms with Gasteiger partial charge in [-0.05, 0) is 70.6 Å². The van der Waals surface area contributed by atoms with Crippen LogP contribution >= 0.6 is 0 Å². The zero-order valence-electron chi connectivity index (χ0n) is 60.0. The number of hydrogen-bond donors (Lipinski definition) is 12. The molecule has 17 unspecified atom stereocenters. The van der Waals surface area contributed by atoms with Gasteiger partial charge in [-0.3, -0.25) is 4.79 Å². The van der Waals surface area contributed by atoms with Crippen LogP contribution in [0, 0.1) is 0 Å². The van der Waals surface area contributed by atoms with Gasteiger partial charge < -0.3 is 89.9 Å². The van der Waals surface area contributed by atoms with Crippen LogP contribution in [0.25, 0.3) is 0 Å². The molecule has 3 saturated heterocycles. The summed E-state index contributed by atoms with van der Waals surface area (Å²) in [4.78, 5) is 13.4. The van der Waals surface area contributed by atoms with Gasteiger partial charge in [0, 0.05) is 6.42 Å². The predicted octanol–water partition coefficient (Wildman–Crippen LogP) is 12.1. The Kier molecular flexibility index (Phi) is 53.5. The van der Waals surface area contributed by atoms with Crippen LogP contribution in [-0.2, 0) is 33.2 Å². The Hall–Kier alpha value is -2.77. The van der Waals surface area contributed by atoms with Gasteiger partial charge in [0.05, 0.1) is 38.6 Å². The Bertz CT molecular complexity index is 2040. The van der Waals surface area contributed by atoms with Gasteiger partial charge in [0.25, 0.3) is 0 Å². The fraction of sp³-hybridized carbons (Fsp3) is 0.833. The van der Waals surface area contributed by atoms with E-state index in [1.54, 1.807) is 6.08 Å². The summed E-state index contributed by atoms with van der Waals surface area (Å²) in [6.07, 6.45) is 49.0. The molecule has 0 radical (unpaired) electrons. The number of rotatable bonds is 60. The van der Waals surface area contributed by atoms with Gasteiger partial charge in [0.15, 0.2) is 18.9 Å². The van der Waals surface area contributed by atoms with Gasteiger partial charge >= 0.3 is 0 Å². The molecule has 1 amide bonds. The van der Waals surface area contributed by atoms with Gasteiger partial charge in [-0.1, -0.05) is 279 Å². The third-order valence-electron chi connectivity index (χ3n) is 19.0. The highest BCUT2D eigenvalue weighted by atomic mass is 16.8. The minimum atomic E-state index is -1.99. The van der Waals surface area contributed by atoms with E-state index in [1.165, 1.54) is 167 Å². The van der Waals surface area contributed by atoms with Gasteiger partial charge in [0.1, 0.15) is 73.2 Å². The molecule has 3 aliphatic rings. The number of carbonyl (C=O) groups is 1. The minimum Gasteiger partial charge on any atom is -0.394 e. The van der Waals surface area contributed by atoms with E-state index in [1.807, 2.05) is 6.08 Å². The van der Waals surface area contributed by atoms with Gasteiger partial charge in [-0.15, -0.1) is 0 Å². The molecule has 3 heterocycles. The maximum atomic E-state index is 13.4. The van der Waals surface area contributed by atoms with E-state index in [0.29, 0.717) is 12.8 Å². The van der Waals surface area contributed by atoms with Crippen LogP contribution in [0.15, 0.2) is 72.9 Å². The number of unbranched alkanes of at least 4 members (excludes halogenated alkanes) is 34. The lowest BCUT2D eigenvalue weighted by Gasteiger charge is -2.48. The van der Waals surface area contributed by atoms with Crippen LogP contribution in [0.1, 0.15) is 284 Å². The second kappa shape index (κ2) is 58.7. The molecule has 0 aromatic carbocycles. The van der Waals surface area contributed by atoms with Crippen LogP contribution < -0.4 is 5.32 Å². The van der Waals surface area contributed by atoms with Crippen molar-refractivity contribution in [2.24, 2.45) is 0 Å². The number of allylic oxidation sites excluding steroid dienone is 11. The smallest absolute Gasteiger partial charge is 0.220 e. The average Bonchev–Trinajstić information content (AvgIpc) is 0.795. The third-order valence-corrected chi connectivity index (χ3v) is 19.0. The van der Waals surface area contributed by atoms with Crippen molar-refractivity contribution in [1.29, 1.82) is 0 Å². The molecule has 19 nitrogen and oxygen atoms in total. The largest absolute Gasteiger partial charge is 0.394 e. The van der Waals surface area contributed by atoms with E-state index >= 15 is 0 Å². The first-order chi connectivity index (χ1) is 47.3. The quantitative estimate of drug-likeness (QED) is 0.0199. The molecular weight excluding hydrogens is 1240 g/mol. The lowest BCUT2D eigenvalue weighted by atomic mass is 9.96. The van der Waals surface area contributed by atoms with Crippen molar-refractivity contribution in [3.8, 4) is 0 Å². The van der Waals surface area contributed by atoms with Crippen molar-refractivity contribution in [1.82, 2.24) is 5.32 Å². The molecule has 12 N–H and O–H groups in total. The normalized spacial score (nSPS) is 27.3. The van der Waals surface area contributed by atoms with Crippen molar-refractivity contribution in [3.63, 3.8) is 0 Å². The summed E-state index contributed by atoms with van der Waals surface area (Å²) in [5.74, 6) is -0.299. The topological polar surface area (TPSA) is 307 Å². The first kappa shape index (κ1) is 88.4. The summed E-state index contributed by atoms with van der Waals surface area (Å²) in [5.41, 5.74) is 0. The maximum Gasteiger partial charge on any atom is 0.220 e. The summed E-state index contributed by atoms with van der Waals surface area (Å²) < 4.78 is 34.4. The molecule has 0 bridgehead atoms. The number of nitrogens with one attached hydrogen (secondary N) is 1. The third kappa shape index (κ3) is 39.5. The zero-order chi connectivity index (χ0) is 70.4. The second-order valence-corrected chi connectivity index (χ2v) is 27.4. The fourth-order valence-corrected chi connectivity index (χ4v) is 12.8. The summed E-state index contributed by atoms with van der Waals surface area (Å²) >= 11 is 0. The standard InChI is InChI=1S/C78H139NO18/c1-3-5-7-9-11-13-15-17-19-21-23-24-25-26-27-28-29-30-31-32-33-34-35-36-38-39-41-43-45-47-49-51-53-55-62(83)61(79-66(84)56-54-52-50-48-46-44-42-40-37-22-20-18-16-14-12-10-8-6-4-2)60-92-76-72(90)69(87)74(64(58-81)94-76)97-78-73(91)70(88)75(65(59-82)95-78)96-77-71(89)68(86)67(85)63(57-80)93-77/h6,8,12,14,18,20,37,40,45,47,53,55,61-65,67-78,80-83,85-91H,3-5,7,9-11,13,15-17,19,21-36,38-39,41-44,46,48-52,54,56-60H2,1-2H3,(H,79,84)/b8-6-,14-12-,20-18-,40-37-,47-45+,55-53+. The lowest BCUT2D eigenvalue weighted by Crippen LogP contribution is -2.66. The lowest BCUT2D eigenvalue weighted by molar-refractivity contribution is -0.379. The van der Waals surface area contributed by atoms with Gasteiger partial charge in [0.2, 0.25) is 5.91 Å². The van der Waals surface area contributed by atoms with E-state index < -0.39 is 124 Å². The van der Waals surface area contributed by atoms with Crippen molar-refractivity contribution >= 4 is 5.91 Å². The van der Waals surface area contributed by atoms with Crippen LogP contribution in [0.4, 0.5) is 0 Å². The Morgan fingerprint density at radius 3 is 1.15 bits per heavy atom. The number of aliphatic hydroxyl groups excluding tert-OH is 11. The SMILES string of the molecule is CC/C=C\C/C=C\C/C=C\C/C=C\CCCCCCCCC(=O)NC(COC1OC(CO)C(OC2OC(CO)C(OC3OC(CO)C(O)C(O)C3O)C(O)C2O)C(O)C1O)C(O)/C=C/CC/C=C/CCCCCCCCCCCCCCCCCCCCCCCCCCCCC.